The van der Waals surface area contributed by atoms with Crippen molar-refractivity contribution in [3.05, 3.63) is 72.1 Å². The molecule has 0 unspecified atom stereocenters. The van der Waals surface area contributed by atoms with Crippen molar-refractivity contribution in [1.29, 1.82) is 0 Å². The Hall–Kier alpha value is -4.14. The van der Waals surface area contributed by atoms with Gasteiger partial charge >= 0.3 is 11.9 Å². The zero-order chi connectivity index (χ0) is 21.5. The first kappa shape index (κ1) is 20.6. The quantitative estimate of drug-likeness (QED) is 0.597. The van der Waals surface area contributed by atoms with Gasteiger partial charge < -0.3 is 19.5 Å². The van der Waals surface area contributed by atoms with Crippen LogP contribution in [0.2, 0.25) is 0 Å². The van der Waals surface area contributed by atoms with Gasteiger partial charge in [0.15, 0.2) is 12.4 Å². The highest BCUT2D eigenvalue weighted by atomic mass is 16.5. The van der Waals surface area contributed by atoms with Crippen LogP contribution in [0.5, 0.6) is 5.75 Å². The Morgan fingerprint density at radius 1 is 0.967 bits per heavy atom. The molecule has 0 aliphatic rings. The van der Waals surface area contributed by atoms with Crippen LogP contribution in [0.3, 0.4) is 0 Å². The molecule has 154 valence electrons. The minimum atomic E-state index is -0.794. The summed E-state index contributed by atoms with van der Waals surface area (Å²) in [5.74, 6) is -1.60. The van der Waals surface area contributed by atoms with Crippen LogP contribution in [0.4, 0.5) is 5.69 Å². The van der Waals surface area contributed by atoms with E-state index < -0.39 is 24.5 Å². The third-order valence-electron chi connectivity index (χ3n) is 4.04. The second-order valence-electron chi connectivity index (χ2n) is 6.02. The maximum Gasteiger partial charge on any atom is 0.363 e. The molecule has 30 heavy (non-hydrogen) atoms. The lowest BCUT2D eigenvalue weighted by atomic mass is 10.2. The molecular weight excluding hydrogens is 390 g/mol. The number of benzene rings is 2. The fourth-order valence-electron chi connectivity index (χ4n) is 2.57. The number of methoxy groups -OCH3 is 2. The largest absolute Gasteiger partial charge is 0.493 e. The summed E-state index contributed by atoms with van der Waals surface area (Å²) in [6, 6.07) is 15.3. The molecule has 1 amide bonds. The van der Waals surface area contributed by atoms with Gasteiger partial charge in [-0.25, -0.2) is 14.3 Å². The number of hydrogen-bond donors (Lipinski definition) is 1. The Morgan fingerprint density at radius 3 is 2.30 bits per heavy atom. The molecule has 0 aliphatic heterocycles. The van der Waals surface area contributed by atoms with Crippen LogP contribution < -0.4 is 10.1 Å². The van der Waals surface area contributed by atoms with E-state index in [4.69, 9.17) is 9.47 Å². The number of esters is 2. The number of rotatable bonds is 7. The van der Waals surface area contributed by atoms with Gasteiger partial charge in [-0.1, -0.05) is 18.2 Å². The van der Waals surface area contributed by atoms with Crippen molar-refractivity contribution in [2.75, 3.05) is 26.1 Å². The van der Waals surface area contributed by atoms with Crippen molar-refractivity contribution in [3.63, 3.8) is 0 Å². The Kier molecular flexibility index (Phi) is 6.43. The average Bonchev–Trinajstić information content (AvgIpc) is 3.23. The first-order valence-corrected chi connectivity index (χ1v) is 8.86. The molecule has 2 aromatic carbocycles. The van der Waals surface area contributed by atoms with E-state index in [-0.39, 0.29) is 11.4 Å². The number of ether oxygens (including phenoxy) is 3. The molecule has 3 rings (SSSR count). The van der Waals surface area contributed by atoms with Gasteiger partial charge in [-0.2, -0.15) is 5.10 Å². The van der Waals surface area contributed by atoms with Crippen LogP contribution in [-0.4, -0.2) is 48.5 Å². The molecule has 3 aromatic rings. The van der Waals surface area contributed by atoms with E-state index in [0.29, 0.717) is 11.3 Å². The maximum atomic E-state index is 12.4. The number of anilines is 1. The lowest BCUT2D eigenvalue weighted by molar-refractivity contribution is -0.119. The Balaban J connectivity index is 1.60. The number of amides is 1. The van der Waals surface area contributed by atoms with Crippen LogP contribution in [0.15, 0.2) is 60.8 Å². The van der Waals surface area contributed by atoms with E-state index in [0.717, 1.165) is 5.69 Å². The third kappa shape index (κ3) is 4.82. The summed E-state index contributed by atoms with van der Waals surface area (Å²) in [6.45, 7) is -0.515. The number of para-hydroxylation sites is 1. The van der Waals surface area contributed by atoms with Crippen molar-refractivity contribution in [2.24, 2.45) is 0 Å². The molecule has 1 N–H and O–H groups in total. The topological polar surface area (TPSA) is 109 Å². The number of nitrogens with one attached hydrogen (secondary N) is 1. The third-order valence-corrected chi connectivity index (χ3v) is 4.04. The highest BCUT2D eigenvalue weighted by Gasteiger charge is 2.21. The maximum absolute atomic E-state index is 12.4. The molecule has 1 aromatic heterocycles. The number of carbonyl (C=O) groups excluding carboxylic acids is 3. The molecule has 0 saturated carbocycles. The number of nitrogens with zero attached hydrogens (tertiary/aromatic N) is 2. The summed E-state index contributed by atoms with van der Waals surface area (Å²) in [5, 5.41) is 6.76. The summed E-state index contributed by atoms with van der Waals surface area (Å²) in [4.78, 5) is 35.9. The van der Waals surface area contributed by atoms with Gasteiger partial charge in [-0.3, -0.25) is 4.79 Å². The summed E-state index contributed by atoms with van der Waals surface area (Å²) < 4.78 is 16.3. The summed E-state index contributed by atoms with van der Waals surface area (Å²) in [7, 11) is 2.69. The highest BCUT2D eigenvalue weighted by molar-refractivity contribution is 5.96. The molecule has 0 fully saturated rings. The van der Waals surface area contributed by atoms with Gasteiger partial charge in [0.25, 0.3) is 5.91 Å². The standard InChI is InChI=1S/C21H19N3O6/c1-28-17-12-24(16-6-4-3-5-7-16)23-19(17)21(27)30-13-18(25)22-15-10-8-14(9-11-15)20(26)29-2/h3-12H,13H2,1-2H3,(H,22,25). The zero-order valence-corrected chi connectivity index (χ0v) is 16.3. The minimum absolute atomic E-state index is 0.0448. The van der Waals surface area contributed by atoms with E-state index in [2.05, 4.69) is 15.2 Å². The SMILES string of the molecule is COC(=O)c1ccc(NC(=O)COC(=O)c2nn(-c3ccccc3)cc2OC)cc1. The normalized spacial score (nSPS) is 10.2. The van der Waals surface area contributed by atoms with E-state index in [1.54, 1.807) is 6.20 Å². The molecule has 0 bridgehead atoms. The van der Waals surface area contributed by atoms with Gasteiger partial charge in [0.05, 0.1) is 31.7 Å². The van der Waals surface area contributed by atoms with E-state index in [9.17, 15) is 14.4 Å². The molecule has 0 aliphatic carbocycles. The molecule has 0 atom stereocenters. The van der Waals surface area contributed by atoms with E-state index >= 15 is 0 Å². The van der Waals surface area contributed by atoms with E-state index in [1.807, 2.05) is 30.3 Å². The van der Waals surface area contributed by atoms with Crippen LogP contribution in [-0.2, 0) is 14.3 Å². The predicted molar refractivity (Wildman–Crippen MR) is 107 cm³/mol. The molecule has 9 heteroatoms. The van der Waals surface area contributed by atoms with Crippen LogP contribution in [0, 0.1) is 0 Å². The lowest BCUT2D eigenvalue weighted by Crippen LogP contribution is -2.21. The fraction of sp³-hybridized carbons (Fsp3) is 0.143. The summed E-state index contributed by atoms with van der Waals surface area (Å²) >= 11 is 0. The highest BCUT2D eigenvalue weighted by Crippen LogP contribution is 2.20. The average molecular weight is 409 g/mol. The Labute approximate surface area is 172 Å². The second-order valence-corrected chi connectivity index (χ2v) is 6.02. The molecular formula is C21H19N3O6. The van der Waals surface area contributed by atoms with Crippen molar-refractivity contribution in [3.8, 4) is 11.4 Å². The minimum Gasteiger partial charge on any atom is -0.493 e. The van der Waals surface area contributed by atoms with E-state index in [1.165, 1.54) is 43.2 Å². The first-order valence-electron chi connectivity index (χ1n) is 8.86. The first-order chi connectivity index (χ1) is 14.5. The molecule has 9 nitrogen and oxygen atoms in total. The van der Waals surface area contributed by atoms with Crippen LogP contribution >= 0.6 is 0 Å². The fourth-order valence-corrected chi connectivity index (χ4v) is 2.57. The van der Waals surface area contributed by atoms with Crippen molar-refractivity contribution in [1.82, 2.24) is 9.78 Å². The summed E-state index contributed by atoms with van der Waals surface area (Å²) in [6.07, 6.45) is 1.55. The van der Waals surface area contributed by atoms with Gasteiger partial charge in [-0.15, -0.1) is 0 Å². The molecule has 0 radical (unpaired) electrons. The monoisotopic (exact) mass is 409 g/mol. The number of hydrogen-bond acceptors (Lipinski definition) is 7. The second kappa shape index (κ2) is 9.37. The predicted octanol–water partition coefficient (Wildman–Crippen LogP) is 2.46. The zero-order valence-electron chi connectivity index (χ0n) is 16.3. The molecule has 0 spiro atoms. The Morgan fingerprint density at radius 2 is 1.67 bits per heavy atom. The van der Waals surface area contributed by atoms with Crippen molar-refractivity contribution < 1.29 is 28.6 Å². The van der Waals surface area contributed by atoms with Crippen molar-refractivity contribution >= 4 is 23.5 Å². The molecule has 0 saturated heterocycles. The van der Waals surface area contributed by atoms with Gasteiger partial charge in [0.2, 0.25) is 5.69 Å². The van der Waals surface area contributed by atoms with Crippen LogP contribution in [0.1, 0.15) is 20.8 Å². The van der Waals surface area contributed by atoms with Crippen LogP contribution in [0.25, 0.3) is 5.69 Å². The molecule has 1 heterocycles. The van der Waals surface area contributed by atoms with Gasteiger partial charge in [-0.05, 0) is 36.4 Å². The van der Waals surface area contributed by atoms with Gasteiger partial charge in [0.1, 0.15) is 0 Å². The summed E-state index contributed by atoms with van der Waals surface area (Å²) in [5.41, 5.74) is 1.48. The van der Waals surface area contributed by atoms with Crippen molar-refractivity contribution in [2.45, 2.75) is 0 Å². The van der Waals surface area contributed by atoms with Gasteiger partial charge in [0, 0.05) is 5.69 Å². The Bertz CT molecular complexity index is 1040. The number of carbonyl (C=O) groups is 3. The lowest BCUT2D eigenvalue weighted by Gasteiger charge is -2.07. The smallest absolute Gasteiger partial charge is 0.363 e. The number of aromatic nitrogens is 2.